The van der Waals surface area contributed by atoms with E-state index in [1.807, 2.05) is 6.92 Å². The summed E-state index contributed by atoms with van der Waals surface area (Å²) >= 11 is 1.64. The number of carbonyl (C=O) groups is 1. The second-order valence-corrected chi connectivity index (χ2v) is 3.37. The van der Waals surface area contributed by atoms with Gasteiger partial charge in [-0.3, -0.25) is 4.79 Å². The first-order valence-electron chi connectivity index (χ1n) is 2.61. The van der Waals surface area contributed by atoms with Gasteiger partial charge in [0, 0.05) is 5.25 Å². The zero-order valence-corrected chi connectivity index (χ0v) is 5.57. The predicted octanol–water partition coefficient (Wildman–Crippen LogP) is 0.0181. The molecule has 1 rings (SSSR count). The average molecular weight is 131 g/mol. The molecule has 0 unspecified atom stereocenters. The fraction of sp³-hybridized carbons (Fsp3) is 0.800. The summed E-state index contributed by atoms with van der Waals surface area (Å²) in [6.07, 6.45) is 0. The van der Waals surface area contributed by atoms with Crippen LogP contribution in [0.1, 0.15) is 6.92 Å². The largest absolute Gasteiger partial charge is 0.321 e. The third kappa shape index (κ3) is 0.880. The molecular weight excluding hydrogens is 122 g/mol. The first-order valence-corrected chi connectivity index (χ1v) is 3.66. The molecule has 0 radical (unpaired) electrons. The van der Waals surface area contributed by atoms with Crippen molar-refractivity contribution in [3.63, 3.8) is 0 Å². The van der Waals surface area contributed by atoms with Crippen LogP contribution in [0.2, 0.25) is 0 Å². The summed E-state index contributed by atoms with van der Waals surface area (Å²) in [7, 11) is 0. The van der Waals surface area contributed by atoms with Crippen LogP contribution in [0.4, 0.5) is 0 Å². The van der Waals surface area contributed by atoms with Gasteiger partial charge in [0.15, 0.2) is 5.78 Å². The molecule has 1 aliphatic heterocycles. The number of thioether (sulfide) groups is 1. The van der Waals surface area contributed by atoms with E-state index in [2.05, 4.69) is 0 Å². The molecule has 46 valence electrons. The Labute approximate surface area is 52.8 Å². The quantitative estimate of drug-likeness (QED) is 0.504. The summed E-state index contributed by atoms with van der Waals surface area (Å²) in [5.41, 5.74) is 5.45. The van der Waals surface area contributed by atoms with Gasteiger partial charge in [-0.05, 0) is 0 Å². The minimum atomic E-state index is -0.194. The Morgan fingerprint density at radius 2 is 2.50 bits per heavy atom. The summed E-state index contributed by atoms with van der Waals surface area (Å²) in [5.74, 6) is 0.810. The van der Waals surface area contributed by atoms with Crippen LogP contribution in [0.5, 0.6) is 0 Å². The monoisotopic (exact) mass is 131 g/mol. The van der Waals surface area contributed by atoms with E-state index in [4.69, 9.17) is 5.73 Å². The molecule has 1 heterocycles. The average Bonchev–Trinajstić information content (AvgIpc) is 1.98. The first kappa shape index (κ1) is 6.11. The molecule has 1 fully saturated rings. The molecule has 0 aromatic carbocycles. The zero-order chi connectivity index (χ0) is 6.15. The maximum Gasteiger partial charge on any atom is 0.160 e. The van der Waals surface area contributed by atoms with Gasteiger partial charge < -0.3 is 5.73 Å². The number of Topliss-reactive ketones (excluding diaryl/α,β-unsaturated/α-hetero) is 1. The van der Waals surface area contributed by atoms with Crippen LogP contribution in [-0.2, 0) is 4.79 Å². The van der Waals surface area contributed by atoms with Gasteiger partial charge in [-0.25, -0.2) is 0 Å². The lowest BCUT2D eigenvalue weighted by atomic mass is 10.2. The summed E-state index contributed by atoms with van der Waals surface area (Å²) < 4.78 is 0. The number of hydrogen-bond acceptors (Lipinski definition) is 3. The van der Waals surface area contributed by atoms with Crippen LogP contribution in [0.25, 0.3) is 0 Å². The minimum absolute atomic E-state index is 0.194. The third-order valence-electron chi connectivity index (χ3n) is 1.37. The van der Waals surface area contributed by atoms with Crippen molar-refractivity contribution in [3.8, 4) is 0 Å². The highest BCUT2D eigenvalue weighted by Gasteiger charge is 2.27. The van der Waals surface area contributed by atoms with E-state index in [-0.39, 0.29) is 11.8 Å². The first-order chi connectivity index (χ1) is 3.72. The van der Waals surface area contributed by atoms with E-state index in [0.717, 1.165) is 0 Å². The van der Waals surface area contributed by atoms with Crippen molar-refractivity contribution in [3.05, 3.63) is 0 Å². The second-order valence-electron chi connectivity index (χ2n) is 2.01. The van der Waals surface area contributed by atoms with Gasteiger partial charge in [-0.15, -0.1) is 11.8 Å². The maximum absolute atomic E-state index is 10.6. The van der Waals surface area contributed by atoms with Gasteiger partial charge in [0.25, 0.3) is 0 Å². The Morgan fingerprint density at radius 3 is 2.62 bits per heavy atom. The molecule has 2 N–H and O–H groups in total. The predicted molar refractivity (Wildman–Crippen MR) is 34.9 cm³/mol. The molecule has 0 bridgehead atoms. The Hall–Kier alpha value is -0.0200. The van der Waals surface area contributed by atoms with E-state index in [1.165, 1.54) is 0 Å². The summed E-state index contributed by atoms with van der Waals surface area (Å²) in [5, 5.41) is 0.336. The molecule has 0 saturated carbocycles. The molecule has 0 aromatic rings. The van der Waals surface area contributed by atoms with Crippen molar-refractivity contribution < 1.29 is 4.79 Å². The van der Waals surface area contributed by atoms with Gasteiger partial charge in [-0.1, -0.05) is 6.92 Å². The van der Waals surface area contributed by atoms with Crippen molar-refractivity contribution in [2.24, 2.45) is 5.73 Å². The number of rotatable bonds is 0. The number of nitrogens with two attached hydrogens (primary N) is 1. The lowest BCUT2D eigenvalue weighted by molar-refractivity contribution is -0.117. The molecule has 0 amide bonds. The number of hydrogen-bond donors (Lipinski definition) is 1. The summed E-state index contributed by atoms with van der Waals surface area (Å²) in [6.45, 7) is 1.99. The smallest absolute Gasteiger partial charge is 0.160 e. The Balaban J connectivity index is 2.56. The molecule has 1 saturated heterocycles. The molecule has 2 atom stereocenters. The lowest BCUT2D eigenvalue weighted by Gasteiger charge is -2.02. The van der Waals surface area contributed by atoms with E-state index in [0.29, 0.717) is 11.0 Å². The normalized spacial score (nSPS) is 38.5. The Bertz CT molecular complexity index is 115. The fourth-order valence-electron chi connectivity index (χ4n) is 0.675. The van der Waals surface area contributed by atoms with E-state index in [9.17, 15) is 4.79 Å². The molecule has 0 aliphatic carbocycles. The van der Waals surface area contributed by atoms with E-state index in [1.54, 1.807) is 11.8 Å². The van der Waals surface area contributed by atoms with Gasteiger partial charge in [-0.2, -0.15) is 0 Å². The van der Waals surface area contributed by atoms with Gasteiger partial charge in [0.2, 0.25) is 0 Å². The van der Waals surface area contributed by atoms with Crippen molar-refractivity contribution in [1.82, 2.24) is 0 Å². The highest BCUT2D eigenvalue weighted by molar-refractivity contribution is 8.01. The van der Waals surface area contributed by atoms with Crippen LogP contribution < -0.4 is 5.73 Å². The summed E-state index contributed by atoms with van der Waals surface area (Å²) in [4.78, 5) is 10.6. The molecule has 8 heavy (non-hydrogen) atoms. The van der Waals surface area contributed by atoms with Crippen molar-refractivity contribution in [2.45, 2.75) is 18.2 Å². The molecule has 0 aromatic heterocycles. The lowest BCUT2D eigenvalue weighted by Crippen LogP contribution is -2.33. The highest BCUT2D eigenvalue weighted by Crippen LogP contribution is 2.21. The van der Waals surface area contributed by atoms with Crippen LogP contribution in [0.15, 0.2) is 0 Å². The van der Waals surface area contributed by atoms with Gasteiger partial charge in [0.1, 0.15) is 0 Å². The van der Waals surface area contributed by atoms with Gasteiger partial charge >= 0.3 is 0 Å². The number of carbonyl (C=O) groups excluding carboxylic acids is 1. The minimum Gasteiger partial charge on any atom is -0.321 e. The Kier molecular flexibility index (Phi) is 1.58. The van der Waals surface area contributed by atoms with Crippen molar-refractivity contribution >= 4 is 17.5 Å². The molecule has 1 aliphatic rings. The SMILES string of the molecule is C[C@@H]1SCC(=O)[C@H]1N. The van der Waals surface area contributed by atoms with Crippen molar-refractivity contribution in [2.75, 3.05) is 5.75 Å². The van der Waals surface area contributed by atoms with Crippen LogP contribution in [-0.4, -0.2) is 22.8 Å². The molecular formula is C5H9NOS. The van der Waals surface area contributed by atoms with Crippen LogP contribution in [0, 0.1) is 0 Å². The van der Waals surface area contributed by atoms with E-state index >= 15 is 0 Å². The van der Waals surface area contributed by atoms with Gasteiger partial charge in [0.05, 0.1) is 11.8 Å². The van der Waals surface area contributed by atoms with Crippen LogP contribution >= 0.6 is 11.8 Å². The molecule has 3 heteroatoms. The Morgan fingerprint density at radius 1 is 1.88 bits per heavy atom. The summed E-state index contributed by atoms with van der Waals surface area (Å²) in [6, 6.07) is -0.194. The maximum atomic E-state index is 10.6. The van der Waals surface area contributed by atoms with E-state index < -0.39 is 0 Å². The van der Waals surface area contributed by atoms with Crippen LogP contribution in [0.3, 0.4) is 0 Å². The second kappa shape index (κ2) is 2.07. The number of ketones is 1. The van der Waals surface area contributed by atoms with Crippen molar-refractivity contribution in [1.29, 1.82) is 0 Å². The fourth-order valence-corrected chi connectivity index (χ4v) is 1.65. The zero-order valence-electron chi connectivity index (χ0n) is 4.76. The molecule has 2 nitrogen and oxygen atoms in total. The third-order valence-corrected chi connectivity index (χ3v) is 2.64. The molecule has 0 spiro atoms. The topological polar surface area (TPSA) is 43.1 Å². The highest BCUT2D eigenvalue weighted by atomic mass is 32.2. The standard InChI is InChI=1S/C5H9NOS/c1-3-5(6)4(7)2-8-3/h3,5H,2,6H2,1H3/t3-,5-/m0/s1.